The molecule has 2 aliphatic heterocycles. The predicted molar refractivity (Wildman–Crippen MR) is 149 cm³/mol. The fourth-order valence-electron chi connectivity index (χ4n) is 6.30. The monoisotopic (exact) mass is 511 g/mol. The lowest BCUT2D eigenvalue weighted by molar-refractivity contribution is -0.150. The number of esters is 1. The van der Waals surface area contributed by atoms with Gasteiger partial charge < -0.3 is 19.7 Å². The molecule has 0 bridgehead atoms. The lowest BCUT2D eigenvalue weighted by atomic mass is 9.94. The van der Waals surface area contributed by atoms with Gasteiger partial charge in [0.25, 0.3) is 0 Å². The van der Waals surface area contributed by atoms with Crippen LogP contribution in [0.5, 0.6) is 5.75 Å². The standard InChI is InChI=1S/C32H37N3O3/c1-4-37-31(36)32-11-13-35(19-25(32)17-32)30-7-5-6-28(34-30)26-14-21(2)8-9-29(26)38-20-23-15-22(3)27-18-33-12-10-24(27)16-23/h5-9,14-16,25,33H,4,10-13,17-20H2,1-3H3/t25-,32+/m0/s1. The van der Waals surface area contributed by atoms with Gasteiger partial charge in [-0.15, -0.1) is 0 Å². The molecule has 3 heterocycles. The van der Waals surface area contributed by atoms with Crippen molar-refractivity contribution in [2.24, 2.45) is 11.3 Å². The number of carbonyl (C=O) groups excluding carboxylic acids is 1. The van der Waals surface area contributed by atoms with Crippen LogP contribution in [0.3, 0.4) is 0 Å². The number of benzene rings is 2. The van der Waals surface area contributed by atoms with Crippen molar-refractivity contribution < 1.29 is 14.3 Å². The van der Waals surface area contributed by atoms with Gasteiger partial charge in [0.15, 0.2) is 0 Å². The molecular formula is C32H37N3O3. The second-order valence-electron chi connectivity index (χ2n) is 11.1. The zero-order chi connectivity index (χ0) is 26.3. The summed E-state index contributed by atoms with van der Waals surface area (Å²) in [6.07, 6.45) is 2.82. The van der Waals surface area contributed by atoms with E-state index in [0.29, 0.717) is 19.1 Å². The Labute approximate surface area is 225 Å². The van der Waals surface area contributed by atoms with E-state index in [0.717, 1.165) is 68.3 Å². The van der Waals surface area contributed by atoms with E-state index in [9.17, 15) is 4.79 Å². The minimum absolute atomic E-state index is 0.0151. The lowest BCUT2D eigenvalue weighted by Crippen LogP contribution is -2.38. The van der Waals surface area contributed by atoms with Crippen LogP contribution in [0, 0.1) is 25.2 Å². The van der Waals surface area contributed by atoms with Crippen molar-refractivity contribution in [3.8, 4) is 17.0 Å². The summed E-state index contributed by atoms with van der Waals surface area (Å²) in [5, 5.41) is 3.47. The number of rotatable bonds is 7. The topological polar surface area (TPSA) is 63.7 Å². The van der Waals surface area contributed by atoms with Crippen LogP contribution in [0.4, 0.5) is 5.82 Å². The number of piperidine rings is 1. The Balaban J connectivity index is 1.20. The van der Waals surface area contributed by atoms with Gasteiger partial charge in [-0.1, -0.05) is 29.8 Å². The maximum Gasteiger partial charge on any atom is 0.312 e. The van der Waals surface area contributed by atoms with Crippen LogP contribution >= 0.6 is 0 Å². The Bertz CT molecular complexity index is 1370. The Hall–Kier alpha value is -3.38. The predicted octanol–water partition coefficient (Wildman–Crippen LogP) is 5.37. The third kappa shape index (κ3) is 4.66. The molecule has 0 amide bonds. The molecule has 1 aromatic heterocycles. The zero-order valence-electron chi connectivity index (χ0n) is 22.7. The normalized spacial score (nSPS) is 21.9. The average molecular weight is 512 g/mol. The Kier molecular flexibility index (Phi) is 6.60. The first-order valence-electron chi connectivity index (χ1n) is 13.9. The Morgan fingerprint density at radius 3 is 2.92 bits per heavy atom. The maximum absolute atomic E-state index is 12.5. The molecule has 1 saturated carbocycles. The summed E-state index contributed by atoms with van der Waals surface area (Å²) in [4.78, 5) is 19.9. The van der Waals surface area contributed by atoms with E-state index in [1.807, 2.05) is 6.92 Å². The van der Waals surface area contributed by atoms with E-state index < -0.39 is 0 Å². The molecule has 1 aliphatic carbocycles. The van der Waals surface area contributed by atoms with Crippen LogP contribution in [0.2, 0.25) is 0 Å². The minimum atomic E-state index is -0.257. The fraction of sp³-hybridized carbons (Fsp3) is 0.438. The van der Waals surface area contributed by atoms with Gasteiger partial charge in [0.2, 0.25) is 0 Å². The second kappa shape index (κ2) is 10.1. The van der Waals surface area contributed by atoms with Crippen molar-refractivity contribution in [1.82, 2.24) is 10.3 Å². The number of carbonyl (C=O) groups is 1. The van der Waals surface area contributed by atoms with Gasteiger partial charge in [-0.3, -0.25) is 4.79 Å². The quantitative estimate of drug-likeness (QED) is 0.431. The molecule has 6 nitrogen and oxygen atoms in total. The third-order valence-corrected chi connectivity index (χ3v) is 8.54. The second-order valence-corrected chi connectivity index (χ2v) is 11.1. The van der Waals surface area contributed by atoms with Gasteiger partial charge in [-0.05, 0) is 99.0 Å². The summed E-state index contributed by atoms with van der Waals surface area (Å²) in [7, 11) is 0. The molecule has 1 saturated heterocycles. The van der Waals surface area contributed by atoms with Gasteiger partial charge in [0.05, 0.1) is 17.7 Å². The van der Waals surface area contributed by atoms with Crippen molar-refractivity contribution in [2.45, 2.75) is 53.2 Å². The van der Waals surface area contributed by atoms with E-state index in [4.69, 9.17) is 14.5 Å². The molecule has 6 rings (SSSR count). The largest absolute Gasteiger partial charge is 0.488 e. The molecule has 0 unspecified atom stereocenters. The number of pyridine rings is 1. The molecule has 0 spiro atoms. The van der Waals surface area contributed by atoms with E-state index in [-0.39, 0.29) is 11.4 Å². The number of hydrogen-bond acceptors (Lipinski definition) is 6. The van der Waals surface area contributed by atoms with Gasteiger partial charge >= 0.3 is 5.97 Å². The summed E-state index contributed by atoms with van der Waals surface area (Å²) in [6.45, 7) is 10.8. The highest BCUT2D eigenvalue weighted by atomic mass is 16.5. The van der Waals surface area contributed by atoms with Crippen LogP contribution in [0.1, 0.15) is 47.6 Å². The molecule has 3 aromatic rings. The van der Waals surface area contributed by atoms with E-state index in [2.05, 4.69) is 72.6 Å². The van der Waals surface area contributed by atoms with E-state index in [1.165, 1.54) is 27.8 Å². The lowest BCUT2D eigenvalue weighted by Gasteiger charge is -2.31. The molecular weight excluding hydrogens is 474 g/mol. The van der Waals surface area contributed by atoms with Crippen LogP contribution in [-0.4, -0.2) is 37.2 Å². The molecule has 198 valence electrons. The van der Waals surface area contributed by atoms with E-state index in [1.54, 1.807) is 0 Å². The highest BCUT2D eigenvalue weighted by Crippen LogP contribution is 2.59. The first kappa shape index (κ1) is 24.9. The molecule has 2 fully saturated rings. The van der Waals surface area contributed by atoms with Crippen LogP contribution in [-0.2, 0) is 29.1 Å². The van der Waals surface area contributed by atoms with Gasteiger partial charge in [0.1, 0.15) is 18.2 Å². The molecule has 38 heavy (non-hydrogen) atoms. The molecule has 1 N–H and O–H groups in total. The number of hydrogen-bond donors (Lipinski definition) is 1. The molecule has 6 heteroatoms. The smallest absolute Gasteiger partial charge is 0.312 e. The van der Waals surface area contributed by atoms with Gasteiger partial charge in [-0.25, -0.2) is 4.98 Å². The summed E-state index contributed by atoms with van der Waals surface area (Å²) in [5.41, 5.74) is 8.24. The molecule has 2 aromatic carbocycles. The molecule has 2 atom stereocenters. The number of ether oxygens (including phenoxy) is 2. The van der Waals surface area contributed by atoms with Crippen molar-refractivity contribution in [3.05, 3.63) is 76.3 Å². The Morgan fingerprint density at radius 2 is 2.08 bits per heavy atom. The highest BCUT2D eigenvalue weighted by Gasteiger charge is 2.63. The number of aryl methyl sites for hydroxylation is 2. The van der Waals surface area contributed by atoms with Crippen LogP contribution < -0.4 is 15.0 Å². The molecule has 0 radical (unpaired) electrons. The number of nitrogens with one attached hydrogen (secondary N) is 1. The van der Waals surface area contributed by atoms with E-state index >= 15 is 0 Å². The van der Waals surface area contributed by atoms with Crippen molar-refractivity contribution in [3.63, 3.8) is 0 Å². The summed E-state index contributed by atoms with van der Waals surface area (Å²) >= 11 is 0. The summed E-state index contributed by atoms with van der Waals surface area (Å²) < 4.78 is 11.8. The Morgan fingerprint density at radius 1 is 1.18 bits per heavy atom. The number of fused-ring (bicyclic) bond motifs is 2. The third-order valence-electron chi connectivity index (χ3n) is 8.54. The maximum atomic E-state index is 12.5. The number of aromatic nitrogens is 1. The van der Waals surface area contributed by atoms with Crippen molar-refractivity contribution in [1.29, 1.82) is 0 Å². The minimum Gasteiger partial charge on any atom is -0.488 e. The summed E-state index contributed by atoms with van der Waals surface area (Å²) in [5.74, 6) is 2.14. The number of anilines is 1. The van der Waals surface area contributed by atoms with Crippen molar-refractivity contribution in [2.75, 3.05) is 31.1 Å². The average Bonchev–Trinajstić information content (AvgIpc) is 3.68. The first-order chi connectivity index (χ1) is 18.5. The fourth-order valence-corrected chi connectivity index (χ4v) is 6.30. The summed E-state index contributed by atoms with van der Waals surface area (Å²) in [6, 6.07) is 17.1. The van der Waals surface area contributed by atoms with Gasteiger partial charge in [0, 0.05) is 25.2 Å². The number of nitrogens with zero attached hydrogens (tertiary/aromatic N) is 2. The molecule has 3 aliphatic rings. The zero-order valence-corrected chi connectivity index (χ0v) is 22.7. The van der Waals surface area contributed by atoms with Crippen LogP contribution in [0.15, 0.2) is 48.5 Å². The highest BCUT2D eigenvalue weighted by molar-refractivity contribution is 5.81. The SMILES string of the molecule is CCOC(=O)[C@@]12CCN(c3cccc(-c4cc(C)ccc4OCc4cc(C)c5c(c4)CCNC5)n3)C[C@@H]1C2. The van der Waals surface area contributed by atoms with Crippen molar-refractivity contribution >= 4 is 11.8 Å². The van der Waals surface area contributed by atoms with Gasteiger partial charge in [-0.2, -0.15) is 0 Å². The van der Waals surface area contributed by atoms with Crippen LogP contribution in [0.25, 0.3) is 11.3 Å². The first-order valence-corrected chi connectivity index (χ1v) is 13.9.